The van der Waals surface area contributed by atoms with Gasteiger partial charge in [-0.25, -0.2) is 0 Å². The summed E-state index contributed by atoms with van der Waals surface area (Å²) in [5.74, 6) is -0.999. The van der Waals surface area contributed by atoms with Gasteiger partial charge in [0.15, 0.2) is 0 Å². The molecule has 0 aliphatic carbocycles. The van der Waals surface area contributed by atoms with Crippen molar-refractivity contribution in [2.75, 3.05) is 6.61 Å². The molecule has 0 saturated heterocycles. The third-order valence-corrected chi connectivity index (χ3v) is 2.91. The molecule has 98 valence electrons. The Hall–Kier alpha value is -0.590. The number of rotatable bonds is 7. The maximum absolute atomic E-state index is 12.0. The zero-order valence-corrected chi connectivity index (χ0v) is 10.7. The van der Waals surface area contributed by atoms with Crippen molar-refractivity contribution >= 4 is 11.8 Å². The fraction of sp³-hybridized carbons (Fsp3) is 0.636. The summed E-state index contributed by atoms with van der Waals surface area (Å²) in [5, 5.41) is 12.1. The second kappa shape index (κ2) is 6.37. The van der Waals surface area contributed by atoms with Crippen LogP contribution in [0.4, 0.5) is 8.78 Å². The van der Waals surface area contributed by atoms with Crippen LogP contribution in [0, 0.1) is 0 Å². The summed E-state index contributed by atoms with van der Waals surface area (Å²) in [6.07, 6.45) is 0. The molecule has 1 aromatic rings. The summed E-state index contributed by atoms with van der Waals surface area (Å²) < 4.78 is 29.3. The highest BCUT2D eigenvalue weighted by atomic mass is 32.2. The van der Waals surface area contributed by atoms with E-state index in [2.05, 4.69) is 5.32 Å². The molecule has 2 N–H and O–H groups in total. The largest absolute Gasteiger partial charge is 0.464 e. The Morgan fingerprint density at radius 1 is 1.41 bits per heavy atom. The number of hydrogen-bond donors (Lipinski definition) is 2. The first-order valence-corrected chi connectivity index (χ1v) is 6.31. The van der Waals surface area contributed by atoms with E-state index in [-0.39, 0.29) is 17.9 Å². The molecule has 0 unspecified atom stereocenters. The van der Waals surface area contributed by atoms with E-state index in [9.17, 15) is 8.78 Å². The SMILES string of the molecule is CC(C)(CO)NCc1ccc(CSC(F)F)o1. The minimum Gasteiger partial charge on any atom is -0.464 e. The summed E-state index contributed by atoms with van der Waals surface area (Å²) in [7, 11) is 0. The van der Waals surface area contributed by atoms with Gasteiger partial charge in [0.05, 0.1) is 18.9 Å². The molecule has 0 aromatic carbocycles. The van der Waals surface area contributed by atoms with Crippen LogP contribution in [0.5, 0.6) is 0 Å². The van der Waals surface area contributed by atoms with Crippen molar-refractivity contribution in [2.45, 2.75) is 37.4 Å². The first-order valence-electron chi connectivity index (χ1n) is 5.26. The molecule has 0 spiro atoms. The Balaban J connectivity index is 2.40. The minimum atomic E-state index is -2.38. The van der Waals surface area contributed by atoms with Gasteiger partial charge in [0.25, 0.3) is 5.76 Å². The molecule has 0 saturated carbocycles. The highest BCUT2D eigenvalue weighted by Gasteiger charge is 2.16. The lowest BCUT2D eigenvalue weighted by molar-refractivity contribution is 0.184. The Labute approximate surface area is 104 Å². The van der Waals surface area contributed by atoms with Gasteiger partial charge in [-0.2, -0.15) is 8.78 Å². The lowest BCUT2D eigenvalue weighted by Gasteiger charge is -2.22. The monoisotopic (exact) mass is 265 g/mol. The van der Waals surface area contributed by atoms with E-state index in [0.29, 0.717) is 29.8 Å². The molecule has 0 aliphatic heterocycles. The van der Waals surface area contributed by atoms with Crippen molar-refractivity contribution in [3.63, 3.8) is 0 Å². The zero-order valence-electron chi connectivity index (χ0n) is 9.87. The fourth-order valence-electron chi connectivity index (χ4n) is 1.12. The van der Waals surface area contributed by atoms with Gasteiger partial charge in [-0.05, 0) is 26.0 Å². The van der Waals surface area contributed by atoms with Crippen molar-refractivity contribution in [1.82, 2.24) is 5.32 Å². The smallest absolute Gasteiger partial charge is 0.284 e. The van der Waals surface area contributed by atoms with Crippen LogP contribution < -0.4 is 5.32 Å². The maximum Gasteiger partial charge on any atom is 0.284 e. The molecular formula is C11H17F2NO2S. The van der Waals surface area contributed by atoms with Crippen LogP contribution in [0.2, 0.25) is 0 Å². The van der Waals surface area contributed by atoms with E-state index in [0.717, 1.165) is 0 Å². The number of halogens is 2. The molecule has 1 aromatic heterocycles. The Morgan fingerprint density at radius 3 is 2.65 bits per heavy atom. The molecular weight excluding hydrogens is 248 g/mol. The van der Waals surface area contributed by atoms with E-state index >= 15 is 0 Å². The third kappa shape index (κ3) is 5.52. The van der Waals surface area contributed by atoms with Crippen molar-refractivity contribution in [2.24, 2.45) is 0 Å². The molecule has 17 heavy (non-hydrogen) atoms. The van der Waals surface area contributed by atoms with Crippen molar-refractivity contribution in [1.29, 1.82) is 0 Å². The summed E-state index contributed by atoms with van der Waals surface area (Å²) in [4.78, 5) is 0. The molecule has 0 atom stereocenters. The highest BCUT2D eigenvalue weighted by molar-refractivity contribution is 7.98. The number of furan rings is 1. The number of alkyl halides is 2. The van der Waals surface area contributed by atoms with E-state index in [4.69, 9.17) is 9.52 Å². The Kier molecular flexibility index (Phi) is 5.42. The summed E-state index contributed by atoms with van der Waals surface area (Å²) >= 11 is 0.538. The van der Waals surface area contributed by atoms with Gasteiger partial charge in [-0.3, -0.25) is 0 Å². The van der Waals surface area contributed by atoms with Gasteiger partial charge >= 0.3 is 0 Å². The van der Waals surface area contributed by atoms with Gasteiger partial charge < -0.3 is 14.8 Å². The molecule has 0 amide bonds. The predicted molar refractivity (Wildman–Crippen MR) is 64.0 cm³/mol. The van der Waals surface area contributed by atoms with Crippen LogP contribution in [-0.4, -0.2) is 23.0 Å². The Morgan fingerprint density at radius 2 is 2.06 bits per heavy atom. The van der Waals surface area contributed by atoms with Gasteiger partial charge in [0.2, 0.25) is 0 Å². The zero-order chi connectivity index (χ0) is 12.9. The van der Waals surface area contributed by atoms with Crippen LogP contribution in [0.3, 0.4) is 0 Å². The van der Waals surface area contributed by atoms with Crippen LogP contribution in [0.15, 0.2) is 16.5 Å². The molecule has 1 heterocycles. The lowest BCUT2D eigenvalue weighted by atomic mass is 10.1. The summed E-state index contributed by atoms with van der Waals surface area (Å²) in [5.41, 5.74) is -0.384. The summed E-state index contributed by atoms with van der Waals surface area (Å²) in [6.45, 7) is 4.21. The number of nitrogens with one attached hydrogen (secondary N) is 1. The first-order chi connectivity index (χ1) is 7.93. The van der Waals surface area contributed by atoms with Crippen LogP contribution in [0.1, 0.15) is 25.4 Å². The van der Waals surface area contributed by atoms with E-state index in [1.54, 1.807) is 12.1 Å². The Bertz CT molecular complexity index is 342. The standard InChI is InChI=1S/C11H17F2NO2S/c1-11(2,7-15)14-5-8-3-4-9(16-8)6-17-10(12)13/h3-4,10,14-15H,5-7H2,1-2H3. The topological polar surface area (TPSA) is 45.4 Å². The van der Waals surface area contributed by atoms with Gasteiger partial charge in [0, 0.05) is 5.54 Å². The normalized spacial score (nSPS) is 12.4. The highest BCUT2D eigenvalue weighted by Crippen LogP contribution is 2.21. The lowest BCUT2D eigenvalue weighted by Crippen LogP contribution is -2.41. The predicted octanol–water partition coefficient (Wildman–Crippen LogP) is 2.60. The number of thioether (sulfide) groups is 1. The minimum absolute atomic E-state index is 0.0157. The molecule has 0 fully saturated rings. The van der Waals surface area contributed by atoms with Gasteiger partial charge in [-0.15, -0.1) is 0 Å². The van der Waals surface area contributed by atoms with Gasteiger partial charge in [-0.1, -0.05) is 11.8 Å². The molecule has 3 nitrogen and oxygen atoms in total. The second-order valence-corrected chi connectivity index (χ2v) is 5.31. The number of aliphatic hydroxyl groups is 1. The second-order valence-electron chi connectivity index (χ2n) is 4.34. The first kappa shape index (κ1) is 14.5. The van der Waals surface area contributed by atoms with E-state index < -0.39 is 5.76 Å². The molecule has 0 radical (unpaired) electrons. The average Bonchev–Trinajstić information content (AvgIpc) is 2.72. The molecule has 0 bridgehead atoms. The average molecular weight is 265 g/mol. The van der Waals surface area contributed by atoms with Crippen molar-refractivity contribution < 1.29 is 18.3 Å². The maximum atomic E-state index is 12.0. The molecule has 1 rings (SSSR count). The number of aliphatic hydroxyl groups excluding tert-OH is 1. The van der Waals surface area contributed by atoms with Crippen molar-refractivity contribution in [3.8, 4) is 0 Å². The molecule has 6 heteroatoms. The number of hydrogen-bond acceptors (Lipinski definition) is 4. The molecule has 0 aliphatic rings. The third-order valence-electron chi connectivity index (χ3n) is 2.21. The van der Waals surface area contributed by atoms with Crippen LogP contribution in [0.25, 0.3) is 0 Å². The van der Waals surface area contributed by atoms with Gasteiger partial charge in [0.1, 0.15) is 11.5 Å². The van der Waals surface area contributed by atoms with Crippen molar-refractivity contribution in [3.05, 3.63) is 23.7 Å². The fourth-order valence-corrected chi connectivity index (χ4v) is 1.57. The summed E-state index contributed by atoms with van der Waals surface area (Å²) in [6, 6.07) is 3.44. The quantitative estimate of drug-likeness (QED) is 0.795. The van der Waals surface area contributed by atoms with E-state index in [1.165, 1.54) is 0 Å². The van der Waals surface area contributed by atoms with E-state index in [1.807, 2.05) is 13.8 Å². The van der Waals surface area contributed by atoms with Crippen LogP contribution >= 0.6 is 11.8 Å². The van der Waals surface area contributed by atoms with Crippen LogP contribution in [-0.2, 0) is 12.3 Å².